The molecule has 3 N–H and O–H groups in total. The first-order chi connectivity index (χ1) is 12.3. The zero-order valence-electron chi connectivity index (χ0n) is 15.3. The second-order valence-electron chi connectivity index (χ2n) is 7.20. The lowest BCUT2D eigenvalue weighted by Crippen LogP contribution is -2.35. The molecule has 7 nitrogen and oxygen atoms in total. The minimum atomic E-state index is -3.75. The van der Waals surface area contributed by atoms with E-state index in [1.807, 2.05) is 0 Å². The number of rotatable bonds is 6. The van der Waals surface area contributed by atoms with Crippen LogP contribution in [0, 0.1) is 11.8 Å². The van der Waals surface area contributed by atoms with Gasteiger partial charge in [0.05, 0.1) is 4.90 Å². The van der Waals surface area contributed by atoms with Gasteiger partial charge in [-0.3, -0.25) is 9.59 Å². The summed E-state index contributed by atoms with van der Waals surface area (Å²) in [6, 6.07) is 6.04. The van der Waals surface area contributed by atoms with Crippen LogP contribution in [-0.2, 0) is 14.8 Å². The molecule has 1 saturated carbocycles. The average Bonchev–Trinajstić information content (AvgIpc) is 3.17. The molecule has 3 unspecified atom stereocenters. The number of halogens is 1. The van der Waals surface area contributed by atoms with E-state index in [0.717, 1.165) is 19.4 Å². The van der Waals surface area contributed by atoms with Gasteiger partial charge in [0.1, 0.15) is 0 Å². The Bertz CT molecular complexity index is 815. The van der Waals surface area contributed by atoms with Crippen molar-refractivity contribution in [3.05, 3.63) is 29.8 Å². The number of sulfonamides is 1. The predicted octanol–water partition coefficient (Wildman–Crippen LogP) is 1.18. The van der Waals surface area contributed by atoms with Gasteiger partial charge in [-0.2, -0.15) is 0 Å². The number of hydrogen-bond acceptors (Lipinski definition) is 5. The summed E-state index contributed by atoms with van der Waals surface area (Å²) in [6.45, 7) is 2.82. The van der Waals surface area contributed by atoms with E-state index in [2.05, 4.69) is 4.72 Å². The summed E-state index contributed by atoms with van der Waals surface area (Å²) < 4.78 is 27.1. The molecule has 9 heteroatoms. The Kier molecular flexibility index (Phi) is 7.02. The third-order valence-electron chi connectivity index (χ3n) is 5.45. The number of ketones is 1. The number of fused-ring (bicyclic) bond motifs is 1. The number of hydrogen-bond donors (Lipinski definition) is 2. The molecule has 1 heterocycles. The molecule has 3 rings (SSSR count). The fraction of sp³-hybridized carbons (Fsp3) is 0.556. The fourth-order valence-corrected chi connectivity index (χ4v) is 5.00. The van der Waals surface area contributed by atoms with Crippen molar-refractivity contribution in [2.75, 3.05) is 19.6 Å². The molecule has 2 aliphatic rings. The van der Waals surface area contributed by atoms with E-state index in [9.17, 15) is 18.0 Å². The van der Waals surface area contributed by atoms with Gasteiger partial charge in [-0.25, -0.2) is 13.1 Å². The van der Waals surface area contributed by atoms with Crippen molar-refractivity contribution < 1.29 is 18.0 Å². The lowest BCUT2D eigenvalue weighted by Gasteiger charge is -2.19. The molecule has 1 saturated heterocycles. The van der Waals surface area contributed by atoms with Gasteiger partial charge < -0.3 is 10.6 Å². The van der Waals surface area contributed by atoms with E-state index in [1.54, 1.807) is 11.0 Å². The van der Waals surface area contributed by atoms with Crippen LogP contribution in [0.15, 0.2) is 29.2 Å². The Balaban J connectivity index is 0.00000261. The number of amides is 1. The van der Waals surface area contributed by atoms with Crippen LogP contribution in [0.4, 0.5) is 0 Å². The first-order valence-electron chi connectivity index (χ1n) is 8.92. The minimum absolute atomic E-state index is 0. The van der Waals surface area contributed by atoms with Crippen molar-refractivity contribution in [1.29, 1.82) is 0 Å². The number of carbonyl (C=O) groups excluding carboxylic acids is 2. The Morgan fingerprint density at radius 3 is 2.67 bits per heavy atom. The number of benzene rings is 1. The molecule has 3 atom stereocenters. The lowest BCUT2D eigenvalue weighted by molar-refractivity contribution is -0.130. The van der Waals surface area contributed by atoms with E-state index in [-0.39, 0.29) is 48.0 Å². The smallest absolute Gasteiger partial charge is 0.240 e. The van der Waals surface area contributed by atoms with Crippen molar-refractivity contribution in [3.8, 4) is 0 Å². The van der Waals surface area contributed by atoms with Crippen LogP contribution in [0.3, 0.4) is 0 Å². The molecule has 0 aromatic heterocycles. The molecule has 2 fully saturated rings. The van der Waals surface area contributed by atoms with Gasteiger partial charge in [0.25, 0.3) is 0 Å². The van der Waals surface area contributed by atoms with Gasteiger partial charge in [-0.05, 0) is 43.7 Å². The van der Waals surface area contributed by atoms with Crippen molar-refractivity contribution >= 4 is 34.1 Å². The van der Waals surface area contributed by atoms with Gasteiger partial charge in [-0.1, -0.05) is 12.1 Å². The van der Waals surface area contributed by atoms with Crippen LogP contribution in [0.5, 0.6) is 0 Å². The first kappa shape index (κ1) is 21.8. The summed E-state index contributed by atoms with van der Waals surface area (Å²) >= 11 is 0. The Hall–Kier alpha value is -1.48. The largest absolute Gasteiger partial charge is 0.342 e. The highest BCUT2D eigenvalue weighted by atomic mass is 35.5. The predicted molar refractivity (Wildman–Crippen MR) is 104 cm³/mol. The molecule has 150 valence electrons. The highest BCUT2D eigenvalue weighted by Gasteiger charge is 2.42. The zero-order chi connectivity index (χ0) is 18.9. The lowest BCUT2D eigenvalue weighted by atomic mass is 9.98. The molecular weight excluding hydrogens is 390 g/mol. The highest BCUT2D eigenvalue weighted by Crippen LogP contribution is 2.37. The summed E-state index contributed by atoms with van der Waals surface area (Å²) in [7, 11) is -3.75. The van der Waals surface area contributed by atoms with Gasteiger partial charge in [0.2, 0.25) is 15.9 Å². The average molecular weight is 416 g/mol. The van der Waals surface area contributed by atoms with Gasteiger partial charge in [0.15, 0.2) is 5.78 Å². The maximum atomic E-state index is 12.4. The summed E-state index contributed by atoms with van der Waals surface area (Å²) in [4.78, 5) is 25.6. The van der Waals surface area contributed by atoms with Crippen molar-refractivity contribution in [1.82, 2.24) is 9.62 Å². The third-order valence-corrected chi connectivity index (χ3v) is 6.91. The van der Waals surface area contributed by atoms with E-state index in [1.165, 1.54) is 25.1 Å². The maximum absolute atomic E-state index is 12.4. The second-order valence-corrected chi connectivity index (χ2v) is 8.96. The van der Waals surface area contributed by atoms with Crippen molar-refractivity contribution in [2.24, 2.45) is 17.6 Å². The van der Waals surface area contributed by atoms with E-state index in [0.29, 0.717) is 23.9 Å². The molecular formula is C18H26ClN3O4S. The minimum Gasteiger partial charge on any atom is -0.342 e. The van der Waals surface area contributed by atoms with Crippen LogP contribution in [0.2, 0.25) is 0 Å². The monoisotopic (exact) mass is 415 g/mol. The summed E-state index contributed by atoms with van der Waals surface area (Å²) in [5.41, 5.74) is 6.42. The normalized spacial score (nSPS) is 24.4. The maximum Gasteiger partial charge on any atom is 0.240 e. The van der Waals surface area contributed by atoms with Gasteiger partial charge >= 0.3 is 0 Å². The van der Waals surface area contributed by atoms with Crippen LogP contribution < -0.4 is 10.5 Å². The molecule has 0 radical (unpaired) electrons. The summed E-state index contributed by atoms with van der Waals surface area (Å²) in [6.07, 6.45) is 2.20. The number of nitrogens with one attached hydrogen (secondary N) is 1. The van der Waals surface area contributed by atoms with Crippen LogP contribution >= 0.6 is 12.4 Å². The van der Waals surface area contributed by atoms with Crippen molar-refractivity contribution in [2.45, 2.75) is 37.1 Å². The van der Waals surface area contributed by atoms with Gasteiger partial charge in [-0.15, -0.1) is 12.4 Å². The first-order valence-corrected chi connectivity index (χ1v) is 10.4. The molecule has 0 spiro atoms. The number of carbonyl (C=O) groups is 2. The quantitative estimate of drug-likeness (QED) is 0.678. The molecule has 1 aromatic carbocycles. The topological polar surface area (TPSA) is 110 Å². The standard InChI is InChI=1S/C18H25N3O4S.ClH/c1-12(22)13-3-2-4-15(9-13)26(24,25)20-8-7-18(23)21-10-14-5-6-17(19)16(14)11-21;/h2-4,9,14,16-17,20H,5-8,10-11,19H2,1H3;1H. The van der Waals surface area contributed by atoms with Gasteiger partial charge in [0, 0.05) is 37.7 Å². The Morgan fingerprint density at radius 2 is 2.00 bits per heavy atom. The van der Waals surface area contributed by atoms with Crippen LogP contribution in [-0.4, -0.2) is 50.7 Å². The number of Topliss-reactive ketones (excluding diaryl/α,β-unsaturated/α-hetero) is 1. The number of likely N-dealkylation sites (tertiary alicyclic amines) is 1. The molecule has 27 heavy (non-hydrogen) atoms. The van der Waals surface area contributed by atoms with Crippen LogP contribution in [0.25, 0.3) is 0 Å². The SMILES string of the molecule is CC(=O)c1cccc(S(=O)(=O)NCCC(=O)N2CC3CCC(N)C3C2)c1.Cl. The van der Waals surface area contributed by atoms with E-state index < -0.39 is 10.0 Å². The van der Waals surface area contributed by atoms with E-state index >= 15 is 0 Å². The summed E-state index contributed by atoms with van der Waals surface area (Å²) in [5.74, 6) is 0.617. The second kappa shape index (κ2) is 8.68. The van der Waals surface area contributed by atoms with E-state index in [4.69, 9.17) is 5.73 Å². The third kappa shape index (κ3) is 4.87. The molecule has 1 amide bonds. The Labute approximate surface area is 166 Å². The fourth-order valence-electron chi connectivity index (χ4n) is 3.93. The number of nitrogens with two attached hydrogens (primary N) is 1. The van der Waals surface area contributed by atoms with Crippen molar-refractivity contribution in [3.63, 3.8) is 0 Å². The Morgan fingerprint density at radius 1 is 1.26 bits per heavy atom. The number of nitrogens with zero attached hydrogens (tertiary/aromatic N) is 1. The molecule has 1 aliphatic heterocycles. The zero-order valence-corrected chi connectivity index (χ0v) is 16.9. The molecule has 0 bridgehead atoms. The summed E-state index contributed by atoms with van der Waals surface area (Å²) in [5, 5.41) is 0. The molecule has 1 aliphatic carbocycles. The highest BCUT2D eigenvalue weighted by molar-refractivity contribution is 7.89. The van der Waals surface area contributed by atoms with Crippen LogP contribution in [0.1, 0.15) is 36.5 Å². The molecule has 1 aromatic rings.